The molecule has 0 aliphatic heterocycles. The molecule has 2 aromatic rings. The smallest absolute Gasteiger partial charge is 0.263 e. The zero-order chi connectivity index (χ0) is 15.6. The van der Waals surface area contributed by atoms with Crippen LogP contribution in [0.1, 0.15) is 12.6 Å². The van der Waals surface area contributed by atoms with Crippen molar-refractivity contribution >= 4 is 43.2 Å². The second-order valence-corrected chi connectivity index (χ2v) is 7.25. The monoisotopic (exact) mass is 391 g/mol. The van der Waals surface area contributed by atoms with E-state index in [1.54, 1.807) is 30.5 Å². The molecular formula is C13H15BrClN3O2S. The Labute approximate surface area is 137 Å². The second kappa shape index (κ2) is 6.39. The first-order chi connectivity index (χ1) is 9.89. The Hall–Kier alpha value is -1.02. The number of halogens is 2. The highest BCUT2D eigenvalue weighted by Gasteiger charge is 2.19. The topological polar surface area (TPSA) is 77.1 Å². The third-order valence-corrected chi connectivity index (χ3v) is 5.75. The number of aromatic nitrogens is 1. The molecule has 0 spiro atoms. The Morgan fingerprint density at radius 1 is 1.43 bits per heavy atom. The minimum Gasteiger partial charge on any atom is -0.349 e. The van der Waals surface area contributed by atoms with Crippen molar-refractivity contribution in [1.82, 2.24) is 4.57 Å². The Morgan fingerprint density at radius 2 is 2.14 bits per heavy atom. The number of nitrogens with one attached hydrogen (secondary N) is 1. The van der Waals surface area contributed by atoms with Gasteiger partial charge >= 0.3 is 0 Å². The van der Waals surface area contributed by atoms with E-state index < -0.39 is 10.0 Å². The van der Waals surface area contributed by atoms with Crippen molar-refractivity contribution in [3.8, 4) is 0 Å². The number of benzene rings is 1. The van der Waals surface area contributed by atoms with Gasteiger partial charge in [0.15, 0.2) is 0 Å². The average Bonchev–Trinajstić information content (AvgIpc) is 2.88. The number of sulfonamides is 1. The SMILES string of the molecule is CCn1cc(S(=O)(=O)Nc2cccc(Cl)c2Br)cc1CN. The van der Waals surface area contributed by atoms with Crippen molar-refractivity contribution in [2.75, 3.05) is 4.72 Å². The van der Waals surface area contributed by atoms with Crippen LogP contribution in [0.25, 0.3) is 0 Å². The van der Waals surface area contributed by atoms with E-state index in [1.807, 2.05) is 11.5 Å². The van der Waals surface area contributed by atoms with Gasteiger partial charge in [0.25, 0.3) is 10.0 Å². The third-order valence-electron chi connectivity index (χ3n) is 3.02. The summed E-state index contributed by atoms with van der Waals surface area (Å²) in [4.78, 5) is 0.177. The molecule has 0 amide bonds. The summed E-state index contributed by atoms with van der Waals surface area (Å²) in [6.07, 6.45) is 1.57. The predicted molar refractivity (Wildman–Crippen MR) is 88.0 cm³/mol. The molecule has 0 atom stereocenters. The highest BCUT2D eigenvalue weighted by atomic mass is 79.9. The summed E-state index contributed by atoms with van der Waals surface area (Å²) in [5.41, 5.74) is 6.77. The summed E-state index contributed by atoms with van der Waals surface area (Å²) in [6.45, 7) is 2.86. The van der Waals surface area contributed by atoms with Crippen molar-refractivity contribution < 1.29 is 8.42 Å². The van der Waals surface area contributed by atoms with Crippen LogP contribution in [0.3, 0.4) is 0 Å². The lowest BCUT2D eigenvalue weighted by Gasteiger charge is -2.09. The highest BCUT2D eigenvalue weighted by Crippen LogP contribution is 2.31. The van der Waals surface area contributed by atoms with Gasteiger partial charge in [-0.25, -0.2) is 8.42 Å². The molecule has 0 aliphatic carbocycles. The lowest BCUT2D eigenvalue weighted by molar-refractivity contribution is 0.600. The third kappa shape index (κ3) is 3.42. The van der Waals surface area contributed by atoms with Crippen molar-refractivity contribution in [2.45, 2.75) is 24.9 Å². The van der Waals surface area contributed by atoms with Crippen LogP contribution in [0.15, 0.2) is 39.8 Å². The summed E-state index contributed by atoms with van der Waals surface area (Å²) in [7, 11) is -3.69. The number of anilines is 1. The van der Waals surface area contributed by atoms with Gasteiger partial charge in [-0.3, -0.25) is 4.72 Å². The van der Waals surface area contributed by atoms with E-state index in [-0.39, 0.29) is 11.4 Å². The van der Waals surface area contributed by atoms with E-state index in [0.29, 0.717) is 21.7 Å². The van der Waals surface area contributed by atoms with Crippen molar-refractivity contribution in [3.05, 3.63) is 45.7 Å². The van der Waals surface area contributed by atoms with Gasteiger partial charge in [0.2, 0.25) is 0 Å². The maximum Gasteiger partial charge on any atom is 0.263 e. The Bertz CT molecular complexity index is 737. The standard InChI is InChI=1S/C13H15BrClN3O2S/c1-2-18-8-10(6-9(18)7-16)21(19,20)17-12-5-3-4-11(15)13(12)14/h3-6,8,17H,2,7,16H2,1H3. The fourth-order valence-electron chi connectivity index (χ4n) is 1.92. The minimum absolute atomic E-state index is 0.177. The molecule has 1 aromatic heterocycles. The lowest BCUT2D eigenvalue weighted by atomic mass is 10.3. The predicted octanol–water partition coefficient (Wildman–Crippen LogP) is 3.18. The number of hydrogen-bond acceptors (Lipinski definition) is 3. The zero-order valence-electron chi connectivity index (χ0n) is 11.3. The van der Waals surface area contributed by atoms with Crippen LogP contribution in [0.4, 0.5) is 5.69 Å². The van der Waals surface area contributed by atoms with Gasteiger partial charge in [0, 0.05) is 25.0 Å². The molecule has 3 N–H and O–H groups in total. The van der Waals surface area contributed by atoms with Crippen LogP contribution in [0, 0.1) is 0 Å². The van der Waals surface area contributed by atoms with Gasteiger partial charge in [0.1, 0.15) is 4.90 Å². The van der Waals surface area contributed by atoms with E-state index >= 15 is 0 Å². The molecule has 0 saturated carbocycles. The minimum atomic E-state index is -3.69. The van der Waals surface area contributed by atoms with Gasteiger partial charge in [-0.1, -0.05) is 17.7 Å². The van der Waals surface area contributed by atoms with Crippen LogP contribution in [0.2, 0.25) is 5.02 Å². The van der Waals surface area contributed by atoms with Crippen LogP contribution in [0.5, 0.6) is 0 Å². The fraction of sp³-hybridized carbons (Fsp3) is 0.231. The van der Waals surface area contributed by atoms with Gasteiger partial charge in [0.05, 0.1) is 15.2 Å². The maximum atomic E-state index is 12.4. The van der Waals surface area contributed by atoms with Gasteiger partial charge in [-0.2, -0.15) is 0 Å². The zero-order valence-corrected chi connectivity index (χ0v) is 14.5. The van der Waals surface area contributed by atoms with Gasteiger partial charge in [-0.15, -0.1) is 0 Å². The molecule has 1 heterocycles. The molecular weight excluding hydrogens is 378 g/mol. The normalized spacial score (nSPS) is 11.6. The Balaban J connectivity index is 2.38. The van der Waals surface area contributed by atoms with Crippen LogP contribution >= 0.6 is 27.5 Å². The second-order valence-electron chi connectivity index (χ2n) is 4.36. The van der Waals surface area contributed by atoms with Crippen molar-refractivity contribution in [1.29, 1.82) is 0 Å². The molecule has 21 heavy (non-hydrogen) atoms. The molecule has 0 unspecified atom stereocenters. The fourth-order valence-corrected chi connectivity index (χ4v) is 3.73. The first-order valence-electron chi connectivity index (χ1n) is 6.25. The first-order valence-corrected chi connectivity index (χ1v) is 8.90. The average molecular weight is 393 g/mol. The summed E-state index contributed by atoms with van der Waals surface area (Å²) in [5, 5.41) is 0.434. The lowest BCUT2D eigenvalue weighted by Crippen LogP contribution is -2.12. The molecule has 5 nitrogen and oxygen atoms in total. The molecule has 0 radical (unpaired) electrons. The molecule has 0 aliphatic rings. The quantitative estimate of drug-likeness (QED) is 0.820. The van der Waals surface area contributed by atoms with E-state index in [0.717, 1.165) is 5.69 Å². The number of rotatable bonds is 5. The highest BCUT2D eigenvalue weighted by molar-refractivity contribution is 9.10. The summed E-state index contributed by atoms with van der Waals surface area (Å²) in [5.74, 6) is 0. The van der Waals surface area contributed by atoms with E-state index in [2.05, 4.69) is 20.7 Å². The summed E-state index contributed by atoms with van der Waals surface area (Å²) in [6, 6.07) is 6.55. The maximum absolute atomic E-state index is 12.4. The molecule has 2 rings (SSSR count). The molecule has 0 saturated heterocycles. The number of nitrogens with two attached hydrogens (primary N) is 1. The molecule has 0 fully saturated rings. The van der Waals surface area contributed by atoms with E-state index in [9.17, 15) is 8.42 Å². The largest absolute Gasteiger partial charge is 0.349 e. The van der Waals surface area contributed by atoms with Crippen LogP contribution in [-0.4, -0.2) is 13.0 Å². The molecule has 114 valence electrons. The first kappa shape index (κ1) is 16.4. The summed E-state index contributed by atoms with van der Waals surface area (Å²) >= 11 is 9.23. The van der Waals surface area contributed by atoms with Crippen LogP contribution in [-0.2, 0) is 23.1 Å². The van der Waals surface area contributed by atoms with E-state index in [4.69, 9.17) is 17.3 Å². The van der Waals surface area contributed by atoms with Gasteiger partial charge < -0.3 is 10.3 Å². The molecule has 1 aromatic carbocycles. The van der Waals surface area contributed by atoms with E-state index in [1.165, 1.54) is 0 Å². The molecule has 0 bridgehead atoms. The number of aryl methyl sites for hydroxylation is 1. The van der Waals surface area contributed by atoms with Crippen molar-refractivity contribution in [3.63, 3.8) is 0 Å². The Kier molecular flexibility index (Phi) is 4.98. The van der Waals surface area contributed by atoms with Crippen LogP contribution < -0.4 is 10.5 Å². The summed E-state index contributed by atoms with van der Waals surface area (Å²) < 4.78 is 29.7. The Morgan fingerprint density at radius 3 is 2.71 bits per heavy atom. The van der Waals surface area contributed by atoms with Gasteiger partial charge in [-0.05, 0) is 41.1 Å². The van der Waals surface area contributed by atoms with Crippen molar-refractivity contribution in [2.24, 2.45) is 5.73 Å². The number of nitrogens with zero attached hydrogens (tertiary/aromatic N) is 1. The molecule has 8 heteroatoms. The number of hydrogen-bond donors (Lipinski definition) is 2.